The molecule has 9 aromatic rings. The lowest BCUT2D eigenvalue weighted by molar-refractivity contribution is 1.10. The molecule has 4 heterocycles. The highest BCUT2D eigenvalue weighted by atomic mass is 15.1. The van der Waals surface area contributed by atoms with E-state index < -0.39 is 0 Å². The van der Waals surface area contributed by atoms with E-state index >= 15 is 0 Å². The Labute approximate surface area is 229 Å². The molecule has 9 rings (SSSR count). The van der Waals surface area contributed by atoms with E-state index in [1.807, 2.05) is 18.5 Å². The van der Waals surface area contributed by atoms with Crippen LogP contribution in [-0.2, 0) is 0 Å². The Kier molecular flexibility index (Phi) is 4.30. The van der Waals surface area contributed by atoms with Crippen LogP contribution in [0.5, 0.6) is 0 Å². The highest BCUT2D eigenvalue weighted by Crippen LogP contribution is 2.42. The molecule has 0 saturated heterocycles. The van der Waals surface area contributed by atoms with Crippen molar-refractivity contribution in [2.75, 3.05) is 0 Å². The van der Waals surface area contributed by atoms with Crippen LogP contribution in [0.25, 0.3) is 76.8 Å². The fourth-order valence-corrected chi connectivity index (χ4v) is 6.43. The van der Waals surface area contributed by atoms with Crippen LogP contribution in [0.2, 0.25) is 0 Å². The van der Waals surface area contributed by atoms with Crippen LogP contribution < -0.4 is 0 Å². The smallest absolute Gasteiger partial charge is 0.138 e. The molecule has 0 fully saturated rings. The molecule has 0 atom stereocenters. The number of fused-ring (bicyclic) bond motifs is 9. The first-order valence-corrected chi connectivity index (χ1v) is 13.5. The Morgan fingerprint density at radius 2 is 1.15 bits per heavy atom. The zero-order valence-corrected chi connectivity index (χ0v) is 21.5. The van der Waals surface area contributed by atoms with E-state index in [-0.39, 0.29) is 0 Å². The largest absolute Gasteiger partial charge is 0.309 e. The van der Waals surface area contributed by atoms with Crippen molar-refractivity contribution in [1.29, 1.82) is 0 Å². The molecule has 0 aliphatic heterocycles. The van der Waals surface area contributed by atoms with E-state index in [1.165, 1.54) is 38.0 Å². The number of para-hydroxylation sites is 3. The van der Waals surface area contributed by atoms with Crippen molar-refractivity contribution >= 4 is 65.3 Å². The third-order valence-electron chi connectivity index (χ3n) is 8.17. The molecule has 0 unspecified atom stereocenters. The lowest BCUT2D eigenvalue weighted by Crippen LogP contribution is -1.97. The molecule has 5 aromatic carbocycles. The first-order valence-electron chi connectivity index (χ1n) is 13.5. The number of hydrogen-bond donors (Lipinski definition) is 0. The van der Waals surface area contributed by atoms with Crippen molar-refractivity contribution in [1.82, 2.24) is 19.1 Å². The molecule has 40 heavy (non-hydrogen) atoms. The number of aromatic nitrogens is 4. The molecule has 0 saturated carbocycles. The summed E-state index contributed by atoms with van der Waals surface area (Å²) in [6.07, 6.45) is 3.78. The van der Waals surface area contributed by atoms with E-state index in [9.17, 15) is 0 Å². The second-order valence-corrected chi connectivity index (χ2v) is 10.3. The van der Waals surface area contributed by atoms with E-state index in [4.69, 9.17) is 4.98 Å². The monoisotopic (exact) mass is 510 g/mol. The van der Waals surface area contributed by atoms with Crippen molar-refractivity contribution in [3.05, 3.63) is 134 Å². The first-order chi connectivity index (χ1) is 19.8. The Bertz CT molecular complexity index is 2270. The van der Waals surface area contributed by atoms with Gasteiger partial charge in [-0.25, -0.2) is 4.98 Å². The summed E-state index contributed by atoms with van der Waals surface area (Å²) in [7, 11) is 0. The third kappa shape index (κ3) is 2.90. The van der Waals surface area contributed by atoms with Gasteiger partial charge in [0.25, 0.3) is 0 Å². The molecule has 4 aromatic heterocycles. The minimum absolute atomic E-state index is 0.927. The maximum atomic E-state index is 5.09. The van der Waals surface area contributed by atoms with Gasteiger partial charge in [0.15, 0.2) is 0 Å². The SMILES string of the molecule is c1ccc2nc(-n3c4ccccc4c4c5c6ccccc6n(-c6ccc7cnccc7c6)c5ccc43)ccc2c1. The fourth-order valence-electron chi connectivity index (χ4n) is 6.43. The Hall–Kier alpha value is -5.48. The number of hydrogen-bond acceptors (Lipinski definition) is 2. The summed E-state index contributed by atoms with van der Waals surface area (Å²) in [6.45, 7) is 0. The lowest BCUT2D eigenvalue weighted by Gasteiger charge is -2.10. The molecule has 0 aliphatic carbocycles. The predicted molar refractivity (Wildman–Crippen MR) is 166 cm³/mol. The molecule has 0 aliphatic rings. The minimum atomic E-state index is 0.927. The Morgan fingerprint density at radius 3 is 1.98 bits per heavy atom. The summed E-state index contributed by atoms with van der Waals surface area (Å²) in [5.74, 6) is 0.927. The van der Waals surface area contributed by atoms with Crippen LogP contribution >= 0.6 is 0 Å². The summed E-state index contributed by atoms with van der Waals surface area (Å²) in [6, 6.07) is 43.2. The van der Waals surface area contributed by atoms with E-state index in [2.05, 4.69) is 129 Å². The standard InChI is InChI=1S/C36H22N4/c1-4-10-29-23(7-1)14-18-34(38-29)40-31-12-6-3-9-28(31)36-33(40)17-16-32-35(36)27-8-2-5-11-30(27)39(32)26-15-13-25-22-37-20-19-24(25)21-26/h1-22H. The molecule has 0 bridgehead atoms. The lowest BCUT2D eigenvalue weighted by atomic mass is 10.1. The second-order valence-electron chi connectivity index (χ2n) is 10.3. The number of nitrogens with zero attached hydrogens (tertiary/aromatic N) is 4. The topological polar surface area (TPSA) is 35.6 Å². The molecule has 186 valence electrons. The maximum Gasteiger partial charge on any atom is 0.138 e. The van der Waals surface area contributed by atoms with Crippen LogP contribution in [0, 0.1) is 0 Å². The molecular weight excluding hydrogens is 488 g/mol. The van der Waals surface area contributed by atoms with Gasteiger partial charge in [0.1, 0.15) is 5.82 Å². The number of rotatable bonds is 2. The van der Waals surface area contributed by atoms with Crippen molar-refractivity contribution in [2.45, 2.75) is 0 Å². The van der Waals surface area contributed by atoms with Gasteiger partial charge in [0.05, 0.1) is 27.6 Å². The van der Waals surface area contributed by atoms with Crippen molar-refractivity contribution in [3.63, 3.8) is 0 Å². The van der Waals surface area contributed by atoms with Crippen LogP contribution in [0.4, 0.5) is 0 Å². The number of pyridine rings is 2. The molecule has 0 amide bonds. The van der Waals surface area contributed by atoms with Gasteiger partial charge in [-0.1, -0.05) is 60.7 Å². The summed E-state index contributed by atoms with van der Waals surface area (Å²) >= 11 is 0. The van der Waals surface area contributed by atoms with Crippen LogP contribution in [0.3, 0.4) is 0 Å². The predicted octanol–water partition coefficient (Wildman–Crippen LogP) is 8.98. The van der Waals surface area contributed by atoms with Crippen LogP contribution in [-0.4, -0.2) is 19.1 Å². The third-order valence-corrected chi connectivity index (χ3v) is 8.17. The van der Waals surface area contributed by atoms with Gasteiger partial charge >= 0.3 is 0 Å². The quantitative estimate of drug-likeness (QED) is 0.233. The van der Waals surface area contributed by atoms with Gasteiger partial charge in [-0.15, -0.1) is 0 Å². The first kappa shape index (κ1) is 21.5. The fraction of sp³-hybridized carbons (Fsp3) is 0. The molecule has 0 spiro atoms. The van der Waals surface area contributed by atoms with Crippen LogP contribution in [0.15, 0.2) is 134 Å². The van der Waals surface area contributed by atoms with E-state index in [0.717, 1.165) is 38.8 Å². The van der Waals surface area contributed by atoms with Crippen molar-refractivity contribution < 1.29 is 0 Å². The van der Waals surface area contributed by atoms with Gasteiger partial charge in [0.2, 0.25) is 0 Å². The normalized spacial score (nSPS) is 12.0. The minimum Gasteiger partial charge on any atom is -0.309 e. The van der Waals surface area contributed by atoms with Gasteiger partial charge in [-0.05, 0) is 66.0 Å². The van der Waals surface area contributed by atoms with Gasteiger partial charge in [0, 0.05) is 50.4 Å². The summed E-state index contributed by atoms with van der Waals surface area (Å²) in [4.78, 5) is 9.39. The average Bonchev–Trinajstić information content (AvgIpc) is 3.53. The Morgan fingerprint density at radius 1 is 0.475 bits per heavy atom. The van der Waals surface area contributed by atoms with E-state index in [0.29, 0.717) is 0 Å². The zero-order valence-electron chi connectivity index (χ0n) is 21.5. The molecule has 4 heteroatoms. The molecular formula is C36H22N4. The van der Waals surface area contributed by atoms with Gasteiger partial charge in [-0.3, -0.25) is 9.55 Å². The highest BCUT2D eigenvalue weighted by Gasteiger charge is 2.20. The number of benzene rings is 5. The van der Waals surface area contributed by atoms with Crippen molar-refractivity contribution in [3.8, 4) is 11.5 Å². The maximum absolute atomic E-state index is 5.09. The summed E-state index contributed by atoms with van der Waals surface area (Å²) in [5, 5.41) is 8.45. The summed E-state index contributed by atoms with van der Waals surface area (Å²) < 4.78 is 4.70. The van der Waals surface area contributed by atoms with Gasteiger partial charge in [-0.2, -0.15) is 0 Å². The zero-order chi connectivity index (χ0) is 26.2. The van der Waals surface area contributed by atoms with Crippen molar-refractivity contribution in [2.24, 2.45) is 0 Å². The van der Waals surface area contributed by atoms with Crippen LogP contribution in [0.1, 0.15) is 0 Å². The summed E-state index contributed by atoms with van der Waals surface area (Å²) in [5.41, 5.74) is 6.83. The highest BCUT2D eigenvalue weighted by molar-refractivity contribution is 6.28. The molecule has 4 nitrogen and oxygen atoms in total. The Balaban J connectivity index is 1.43. The molecule has 0 N–H and O–H groups in total. The average molecular weight is 511 g/mol. The van der Waals surface area contributed by atoms with E-state index in [1.54, 1.807) is 0 Å². The second kappa shape index (κ2) is 8.01. The van der Waals surface area contributed by atoms with Gasteiger partial charge < -0.3 is 4.57 Å². The molecule has 0 radical (unpaired) electrons.